The maximum Gasteiger partial charge on any atom is 0.318 e. The lowest BCUT2D eigenvalue weighted by Gasteiger charge is -2.04. The topological polar surface area (TPSA) is 78.4 Å². The number of para-hydroxylation sites is 1. The van der Waals surface area contributed by atoms with Crippen LogP contribution in [-0.2, 0) is 9.53 Å². The molecule has 0 spiro atoms. The summed E-state index contributed by atoms with van der Waals surface area (Å²) in [6.45, 7) is 3.74. The lowest BCUT2D eigenvalue weighted by molar-refractivity contribution is -0.145. The van der Waals surface area contributed by atoms with Gasteiger partial charge in [-0.15, -0.1) is 0 Å². The molecular formula is C15H14N2O4. The molecule has 1 atom stereocenters. The van der Waals surface area contributed by atoms with Crippen molar-refractivity contribution in [1.29, 1.82) is 0 Å². The van der Waals surface area contributed by atoms with Crippen LogP contribution >= 0.6 is 0 Å². The van der Waals surface area contributed by atoms with Crippen molar-refractivity contribution in [1.82, 2.24) is 10.1 Å². The first-order chi connectivity index (χ1) is 10.2. The van der Waals surface area contributed by atoms with E-state index in [9.17, 15) is 4.79 Å². The van der Waals surface area contributed by atoms with Crippen LogP contribution in [0.1, 0.15) is 25.7 Å². The van der Waals surface area contributed by atoms with Crippen LogP contribution in [0.15, 0.2) is 39.5 Å². The molecule has 0 aliphatic rings. The Morgan fingerprint density at radius 1 is 1.38 bits per heavy atom. The molecule has 3 rings (SSSR count). The Morgan fingerprint density at radius 3 is 3.00 bits per heavy atom. The SMILES string of the molecule is CCOC(=O)C(C)c1nc(-c2coc3ccccc23)no1. The van der Waals surface area contributed by atoms with Crippen LogP contribution in [0.2, 0.25) is 0 Å². The van der Waals surface area contributed by atoms with Gasteiger partial charge in [0.1, 0.15) is 17.8 Å². The highest BCUT2D eigenvalue weighted by atomic mass is 16.5. The van der Waals surface area contributed by atoms with E-state index in [4.69, 9.17) is 13.7 Å². The fourth-order valence-electron chi connectivity index (χ4n) is 2.04. The summed E-state index contributed by atoms with van der Waals surface area (Å²) in [5, 5.41) is 4.82. The Morgan fingerprint density at radius 2 is 2.19 bits per heavy atom. The standard InChI is InChI=1S/C15H14N2O4/c1-3-19-15(18)9(2)14-16-13(17-21-14)11-8-20-12-7-5-4-6-10(11)12/h4-9H,3H2,1-2H3. The van der Waals surface area contributed by atoms with Gasteiger partial charge in [-0.1, -0.05) is 23.4 Å². The van der Waals surface area contributed by atoms with Crippen molar-refractivity contribution in [3.8, 4) is 11.4 Å². The Hall–Kier alpha value is -2.63. The molecule has 6 heteroatoms. The van der Waals surface area contributed by atoms with Gasteiger partial charge in [0.05, 0.1) is 12.2 Å². The Labute approximate surface area is 120 Å². The highest BCUT2D eigenvalue weighted by Crippen LogP contribution is 2.29. The third-order valence-electron chi connectivity index (χ3n) is 3.17. The number of rotatable bonds is 4. The van der Waals surface area contributed by atoms with Crippen molar-refractivity contribution >= 4 is 16.9 Å². The zero-order valence-electron chi connectivity index (χ0n) is 11.7. The van der Waals surface area contributed by atoms with E-state index in [1.165, 1.54) is 0 Å². The molecule has 1 aromatic carbocycles. The number of esters is 1. The number of aromatic nitrogens is 2. The molecule has 2 heterocycles. The van der Waals surface area contributed by atoms with Crippen molar-refractivity contribution in [3.63, 3.8) is 0 Å². The van der Waals surface area contributed by atoms with E-state index in [1.54, 1.807) is 20.1 Å². The Bertz CT molecular complexity index is 775. The Balaban J connectivity index is 1.93. The van der Waals surface area contributed by atoms with Gasteiger partial charge >= 0.3 is 5.97 Å². The number of fused-ring (bicyclic) bond motifs is 1. The van der Waals surface area contributed by atoms with E-state index in [0.29, 0.717) is 12.4 Å². The zero-order valence-corrected chi connectivity index (χ0v) is 11.7. The van der Waals surface area contributed by atoms with E-state index in [1.807, 2.05) is 24.3 Å². The van der Waals surface area contributed by atoms with Crippen molar-refractivity contribution in [2.45, 2.75) is 19.8 Å². The molecule has 6 nitrogen and oxygen atoms in total. The first-order valence-electron chi connectivity index (χ1n) is 6.67. The summed E-state index contributed by atoms with van der Waals surface area (Å²) < 4.78 is 15.6. The first kappa shape index (κ1) is 13.4. The zero-order chi connectivity index (χ0) is 14.8. The maximum absolute atomic E-state index is 11.7. The van der Waals surface area contributed by atoms with Gasteiger partial charge in [0.15, 0.2) is 0 Å². The monoisotopic (exact) mass is 286 g/mol. The smallest absolute Gasteiger partial charge is 0.318 e. The quantitative estimate of drug-likeness (QED) is 0.685. The first-order valence-corrected chi connectivity index (χ1v) is 6.67. The maximum atomic E-state index is 11.7. The molecule has 0 bridgehead atoms. The molecule has 0 aliphatic heterocycles. The van der Waals surface area contributed by atoms with E-state index in [2.05, 4.69) is 10.1 Å². The van der Waals surface area contributed by atoms with Gasteiger partial charge in [-0.3, -0.25) is 4.79 Å². The molecule has 0 radical (unpaired) electrons. The van der Waals surface area contributed by atoms with Crippen LogP contribution < -0.4 is 0 Å². The molecule has 3 aromatic rings. The van der Waals surface area contributed by atoms with Crippen LogP contribution in [0.25, 0.3) is 22.4 Å². The van der Waals surface area contributed by atoms with Crippen LogP contribution in [0.4, 0.5) is 0 Å². The normalized spacial score (nSPS) is 12.5. The lowest BCUT2D eigenvalue weighted by Crippen LogP contribution is -2.13. The molecule has 0 fully saturated rings. The van der Waals surface area contributed by atoms with E-state index in [0.717, 1.165) is 16.5 Å². The molecule has 1 unspecified atom stereocenters. The van der Waals surface area contributed by atoms with Gasteiger partial charge < -0.3 is 13.7 Å². The van der Waals surface area contributed by atoms with Crippen molar-refractivity contribution in [3.05, 3.63) is 36.4 Å². The van der Waals surface area contributed by atoms with Crippen LogP contribution in [-0.4, -0.2) is 22.7 Å². The second-order valence-electron chi connectivity index (χ2n) is 4.58. The second kappa shape index (κ2) is 5.40. The third kappa shape index (κ3) is 2.40. The fraction of sp³-hybridized carbons (Fsp3) is 0.267. The number of furan rings is 1. The number of nitrogens with zero attached hydrogens (tertiary/aromatic N) is 2. The average molecular weight is 286 g/mol. The summed E-state index contributed by atoms with van der Waals surface area (Å²) >= 11 is 0. The summed E-state index contributed by atoms with van der Waals surface area (Å²) in [5.41, 5.74) is 1.48. The number of hydrogen-bond donors (Lipinski definition) is 0. The van der Waals surface area contributed by atoms with Gasteiger partial charge in [0, 0.05) is 5.39 Å². The van der Waals surface area contributed by atoms with Crippen LogP contribution in [0.5, 0.6) is 0 Å². The fourth-order valence-corrected chi connectivity index (χ4v) is 2.04. The van der Waals surface area contributed by atoms with Crippen LogP contribution in [0.3, 0.4) is 0 Å². The Kier molecular flexibility index (Phi) is 3.43. The molecule has 0 saturated carbocycles. The number of carbonyl (C=O) groups is 1. The third-order valence-corrected chi connectivity index (χ3v) is 3.17. The van der Waals surface area contributed by atoms with E-state index < -0.39 is 5.92 Å². The lowest BCUT2D eigenvalue weighted by atomic mass is 10.1. The van der Waals surface area contributed by atoms with Gasteiger partial charge in [-0.05, 0) is 19.9 Å². The van der Waals surface area contributed by atoms with Crippen molar-refractivity contribution < 1.29 is 18.5 Å². The van der Waals surface area contributed by atoms with Gasteiger partial charge in [0.25, 0.3) is 0 Å². The summed E-state index contributed by atoms with van der Waals surface area (Å²) in [5.74, 6) is -0.353. The highest BCUT2D eigenvalue weighted by Gasteiger charge is 2.24. The van der Waals surface area contributed by atoms with E-state index in [-0.39, 0.29) is 11.9 Å². The summed E-state index contributed by atoms with van der Waals surface area (Å²) in [4.78, 5) is 16.0. The second-order valence-corrected chi connectivity index (χ2v) is 4.58. The molecular weight excluding hydrogens is 272 g/mol. The minimum absolute atomic E-state index is 0.230. The van der Waals surface area contributed by atoms with Gasteiger partial charge in [-0.25, -0.2) is 0 Å². The number of hydrogen-bond acceptors (Lipinski definition) is 6. The van der Waals surface area contributed by atoms with Crippen molar-refractivity contribution in [2.75, 3.05) is 6.61 Å². The molecule has 2 aromatic heterocycles. The highest BCUT2D eigenvalue weighted by molar-refractivity contribution is 5.91. The molecule has 0 amide bonds. The van der Waals surface area contributed by atoms with Crippen LogP contribution in [0, 0.1) is 0 Å². The molecule has 0 saturated heterocycles. The minimum atomic E-state index is -0.593. The molecule has 0 N–H and O–H groups in total. The number of ether oxygens (including phenoxy) is 1. The van der Waals surface area contributed by atoms with Gasteiger partial charge in [0.2, 0.25) is 11.7 Å². The average Bonchev–Trinajstić information content (AvgIpc) is 3.13. The number of benzene rings is 1. The predicted molar refractivity (Wildman–Crippen MR) is 74.6 cm³/mol. The predicted octanol–water partition coefficient (Wildman–Crippen LogP) is 3.15. The number of carbonyl (C=O) groups excluding carboxylic acids is 1. The van der Waals surface area contributed by atoms with E-state index >= 15 is 0 Å². The van der Waals surface area contributed by atoms with Crippen molar-refractivity contribution in [2.24, 2.45) is 0 Å². The molecule has 0 aliphatic carbocycles. The minimum Gasteiger partial charge on any atom is -0.465 e. The summed E-state index contributed by atoms with van der Waals surface area (Å²) in [7, 11) is 0. The van der Waals surface area contributed by atoms with Gasteiger partial charge in [-0.2, -0.15) is 4.98 Å². The molecule has 108 valence electrons. The largest absolute Gasteiger partial charge is 0.465 e. The summed E-state index contributed by atoms with van der Waals surface area (Å²) in [6.07, 6.45) is 1.58. The molecule has 21 heavy (non-hydrogen) atoms. The summed E-state index contributed by atoms with van der Waals surface area (Å²) in [6, 6.07) is 7.57.